The molecule has 0 saturated carbocycles. The Hall–Kier alpha value is -3.56. The number of nitro groups is 1. The molecule has 1 heterocycles. The molecule has 2 N–H and O–H groups in total. The second-order valence-electron chi connectivity index (χ2n) is 7.95. The van der Waals surface area contributed by atoms with Gasteiger partial charge in [0.05, 0.1) is 36.4 Å². The van der Waals surface area contributed by atoms with Gasteiger partial charge < -0.3 is 19.8 Å². The van der Waals surface area contributed by atoms with E-state index in [1.807, 2.05) is 38.1 Å². The number of aliphatic hydroxyl groups excluding tert-OH is 2. The van der Waals surface area contributed by atoms with Gasteiger partial charge in [0.2, 0.25) is 0 Å². The zero-order chi connectivity index (χ0) is 24.1. The number of nitro benzene ring substituents is 1. The highest BCUT2D eigenvalue weighted by Crippen LogP contribution is 2.39. The topological polar surface area (TPSA) is 130 Å². The van der Waals surface area contributed by atoms with E-state index in [1.54, 1.807) is 0 Å². The van der Waals surface area contributed by atoms with Crippen molar-refractivity contribution in [3.8, 4) is 0 Å². The number of nitrogens with zero attached hydrogens (tertiary/aromatic N) is 2. The summed E-state index contributed by atoms with van der Waals surface area (Å²) < 4.78 is 5.28. The minimum absolute atomic E-state index is 0.0816. The first-order valence-electron chi connectivity index (χ1n) is 10.6. The molecule has 9 nitrogen and oxygen atoms in total. The van der Waals surface area contributed by atoms with Crippen molar-refractivity contribution in [2.75, 3.05) is 26.4 Å². The van der Waals surface area contributed by atoms with Crippen molar-refractivity contribution >= 4 is 23.1 Å². The second kappa shape index (κ2) is 10.4. The average Bonchev–Trinajstić information content (AvgIpc) is 3.06. The van der Waals surface area contributed by atoms with Crippen LogP contribution >= 0.6 is 0 Å². The lowest BCUT2D eigenvalue weighted by Gasteiger charge is -2.25. The number of carbonyl (C=O) groups excluding carboxylic acids is 2. The van der Waals surface area contributed by atoms with Crippen LogP contribution < -0.4 is 0 Å². The maximum absolute atomic E-state index is 13.0. The third kappa shape index (κ3) is 5.10. The monoisotopic (exact) mass is 454 g/mol. The van der Waals surface area contributed by atoms with E-state index in [1.165, 1.54) is 29.2 Å². The molecule has 33 heavy (non-hydrogen) atoms. The van der Waals surface area contributed by atoms with Crippen LogP contribution in [0, 0.1) is 10.1 Å². The number of hydrogen-bond donors (Lipinski definition) is 2. The summed E-state index contributed by atoms with van der Waals surface area (Å²) in [6.07, 6.45) is 0. The molecule has 0 bridgehead atoms. The standard InChI is InChI=1S/C24H26N2O7/c1-15(2)16-3-5-17(6-4-16)21-20(22(28)18-7-9-19(10-8-18)26(31)32)23(29)24(30)25(21)11-13-33-14-12-27/h3-10,15,21,27-28H,11-14H2,1-2H3. The Morgan fingerprint density at radius 3 is 2.27 bits per heavy atom. The average molecular weight is 454 g/mol. The zero-order valence-corrected chi connectivity index (χ0v) is 18.4. The molecule has 1 aliphatic heterocycles. The van der Waals surface area contributed by atoms with E-state index in [-0.39, 0.29) is 49.1 Å². The van der Waals surface area contributed by atoms with Crippen LogP contribution in [0.1, 0.15) is 42.5 Å². The minimum atomic E-state index is -0.848. The summed E-state index contributed by atoms with van der Waals surface area (Å²) in [5.74, 6) is -1.73. The first-order valence-corrected chi connectivity index (χ1v) is 10.6. The fraction of sp³-hybridized carbons (Fsp3) is 0.333. The smallest absolute Gasteiger partial charge is 0.295 e. The number of ketones is 1. The van der Waals surface area contributed by atoms with Gasteiger partial charge in [-0.2, -0.15) is 0 Å². The van der Waals surface area contributed by atoms with Crippen LogP contribution in [0.5, 0.6) is 0 Å². The lowest BCUT2D eigenvalue weighted by atomic mass is 9.93. The highest BCUT2D eigenvalue weighted by molar-refractivity contribution is 6.46. The fourth-order valence-corrected chi connectivity index (χ4v) is 3.75. The Labute approximate surface area is 191 Å². The number of Topliss-reactive ketones (excluding diaryl/α,β-unsaturated/α-hetero) is 1. The van der Waals surface area contributed by atoms with Crippen molar-refractivity contribution in [1.82, 2.24) is 4.90 Å². The summed E-state index contributed by atoms with van der Waals surface area (Å²) in [7, 11) is 0. The number of non-ortho nitro benzene ring substituents is 1. The Morgan fingerprint density at radius 1 is 1.09 bits per heavy atom. The van der Waals surface area contributed by atoms with Crippen LogP contribution in [-0.2, 0) is 14.3 Å². The number of likely N-dealkylation sites (tertiary alicyclic amines) is 1. The lowest BCUT2D eigenvalue weighted by molar-refractivity contribution is -0.384. The van der Waals surface area contributed by atoms with Crippen LogP contribution in [0.4, 0.5) is 5.69 Å². The molecule has 0 spiro atoms. The fourth-order valence-electron chi connectivity index (χ4n) is 3.75. The van der Waals surface area contributed by atoms with Gasteiger partial charge in [0, 0.05) is 24.2 Å². The highest BCUT2D eigenvalue weighted by Gasteiger charge is 2.45. The summed E-state index contributed by atoms with van der Waals surface area (Å²) in [5, 5.41) is 30.8. The van der Waals surface area contributed by atoms with E-state index >= 15 is 0 Å². The number of ether oxygens (including phenoxy) is 1. The van der Waals surface area contributed by atoms with Crippen molar-refractivity contribution in [2.45, 2.75) is 25.8 Å². The molecule has 1 saturated heterocycles. The van der Waals surface area contributed by atoms with Crippen LogP contribution in [-0.4, -0.2) is 58.1 Å². The van der Waals surface area contributed by atoms with Crippen LogP contribution in [0.2, 0.25) is 0 Å². The third-order valence-electron chi connectivity index (χ3n) is 5.52. The number of benzene rings is 2. The minimum Gasteiger partial charge on any atom is -0.507 e. The molecule has 1 unspecified atom stereocenters. The van der Waals surface area contributed by atoms with Gasteiger partial charge >= 0.3 is 0 Å². The van der Waals surface area contributed by atoms with E-state index in [2.05, 4.69) is 0 Å². The molecule has 9 heteroatoms. The van der Waals surface area contributed by atoms with E-state index in [9.17, 15) is 24.8 Å². The third-order valence-corrected chi connectivity index (χ3v) is 5.52. The van der Waals surface area contributed by atoms with Gasteiger partial charge in [-0.05, 0) is 29.2 Å². The highest BCUT2D eigenvalue weighted by atomic mass is 16.6. The SMILES string of the molecule is CC(C)c1ccc(C2C(=C(O)c3ccc([N+](=O)[O-])cc3)C(=O)C(=O)N2CCOCCO)cc1. The number of rotatable bonds is 9. The van der Waals surface area contributed by atoms with E-state index in [4.69, 9.17) is 9.84 Å². The summed E-state index contributed by atoms with van der Waals surface area (Å²) >= 11 is 0. The molecule has 0 aliphatic carbocycles. The summed E-state index contributed by atoms with van der Waals surface area (Å²) in [6, 6.07) is 11.7. The van der Waals surface area contributed by atoms with Gasteiger partial charge in [-0.1, -0.05) is 38.1 Å². The normalized spacial score (nSPS) is 17.7. The number of aliphatic hydroxyl groups is 2. The predicted molar refractivity (Wildman–Crippen MR) is 121 cm³/mol. The molecule has 2 aromatic carbocycles. The second-order valence-corrected chi connectivity index (χ2v) is 7.95. The molecule has 3 rings (SSSR count). The largest absolute Gasteiger partial charge is 0.507 e. The van der Waals surface area contributed by atoms with Gasteiger partial charge in [-0.3, -0.25) is 19.7 Å². The van der Waals surface area contributed by atoms with Gasteiger partial charge in [0.25, 0.3) is 17.4 Å². The number of carbonyl (C=O) groups is 2. The van der Waals surface area contributed by atoms with Gasteiger partial charge in [0.1, 0.15) is 5.76 Å². The first-order chi connectivity index (χ1) is 15.8. The summed E-state index contributed by atoms with van der Waals surface area (Å²) in [4.78, 5) is 37.5. The maximum Gasteiger partial charge on any atom is 0.295 e. The molecule has 1 aliphatic rings. The van der Waals surface area contributed by atoms with Crippen molar-refractivity contribution in [2.24, 2.45) is 0 Å². The Morgan fingerprint density at radius 2 is 1.73 bits per heavy atom. The molecule has 1 fully saturated rings. The van der Waals surface area contributed by atoms with Gasteiger partial charge in [0.15, 0.2) is 0 Å². The molecular formula is C24H26N2O7. The lowest BCUT2D eigenvalue weighted by Crippen LogP contribution is -2.33. The molecular weight excluding hydrogens is 428 g/mol. The van der Waals surface area contributed by atoms with Gasteiger partial charge in [-0.15, -0.1) is 0 Å². The maximum atomic E-state index is 13.0. The van der Waals surface area contributed by atoms with E-state index < -0.39 is 28.4 Å². The quantitative estimate of drug-likeness (QED) is 0.149. The van der Waals surface area contributed by atoms with Crippen LogP contribution in [0.15, 0.2) is 54.1 Å². The molecule has 0 aromatic heterocycles. The number of hydrogen-bond acceptors (Lipinski definition) is 7. The molecule has 0 radical (unpaired) electrons. The van der Waals surface area contributed by atoms with Crippen molar-refractivity contribution in [3.05, 3.63) is 80.9 Å². The molecule has 1 amide bonds. The summed E-state index contributed by atoms with van der Waals surface area (Å²) in [5.41, 5.74) is 1.67. The van der Waals surface area contributed by atoms with Crippen molar-refractivity contribution < 1.29 is 29.5 Å². The van der Waals surface area contributed by atoms with Crippen molar-refractivity contribution in [3.63, 3.8) is 0 Å². The van der Waals surface area contributed by atoms with Crippen LogP contribution in [0.3, 0.4) is 0 Å². The van der Waals surface area contributed by atoms with E-state index in [0.29, 0.717) is 5.56 Å². The zero-order valence-electron chi connectivity index (χ0n) is 18.4. The van der Waals surface area contributed by atoms with Crippen LogP contribution in [0.25, 0.3) is 5.76 Å². The molecule has 2 aromatic rings. The Balaban J connectivity index is 2.06. The molecule has 174 valence electrons. The van der Waals surface area contributed by atoms with Crippen molar-refractivity contribution in [1.29, 1.82) is 0 Å². The predicted octanol–water partition coefficient (Wildman–Crippen LogP) is 3.15. The van der Waals surface area contributed by atoms with E-state index in [0.717, 1.165) is 5.56 Å². The number of amides is 1. The Kier molecular flexibility index (Phi) is 7.57. The van der Waals surface area contributed by atoms with Gasteiger partial charge in [-0.25, -0.2) is 0 Å². The molecule has 1 atom stereocenters. The Bertz CT molecular complexity index is 1060. The summed E-state index contributed by atoms with van der Waals surface area (Å²) in [6.45, 7) is 4.21. The first kappa shape index (κ1) is 24.1.